The number of nitrogens with zero attached hydrogens (tertiary/aromatic N) is 4. The van der Waals surface area contributed by atoms with E-state index in [1.807, 2.05) is 6.92 Å². The smallest absolute Gasteiger partial charge is 0.331 e. The van der Waals surface area contributed by atoms with E-state index in [4.69, 9.17) is 11.6 Å². The number of aromatic nitrogens is 3. The van der Waals surface area contributed by atoms with Crippen LogP contribution in [0.1, 0.15) is 24.6 Å². The molecule has 2 aromatic carbocycles. The molecule has 0 atom stereocenters. The van der Waals surface area contributed by atoms with E-state index in [-0.39, 0.29) is 22.5 Å². The fourth-order valence-electron chi connectivity index (χ4n) is 4.25. The van der Waals surface area contributed by atoms with Crippen LogP contribution in [0.3, 0.4) is 0 Å². The monoisotopic (exact) mass is 502 g/mol. The number of benzene rings is 2. The number of hydrogen-bond acceptors (Lipinski definition) is 4. The molecule has 5 rings (SSSR count). The van der Waals surface area contributed by atoms with E-state index in [0.29, 0.717) is 29.2 Å². The number of carbonyl (C=O) groups is 2. The lowest BCUT2D eigenvalue weighted by molar-refractivity contribution is -0.576. The van der Waals surface area contributed by atoms with Gasteiger partial charge in [0.2, 0.25) is 0 Å². The van der Waals surface area contributed by atoms with E-state index in [9.17, 15) is 19.1 Å². The first-order chi connectivity index (χ1) is 17.4. The normalized spacial score (nSPS) is 13.7. The topological polar surface area (TPSA) is 82.1 Å². The molecule has 0 saturated heterocycles. The summed E-state index contributed by atoms with van der Waals surface area (Å²) in [6.07, 6.45) is 4.32. The quantitative estimate of drug-likeness (QED) is 0.295. The summed E-state index contributed by atoms with van der Waals surface area (Å²) in [7, 11) is 0. The van der Waals surface area contributed by atoms with E-state index < -0.39 is 23.5 Å². The molecule has 7 nitrogen and oxygen atoms in total. The molecule has 1 aliphatic rings. The highest BCUT2D eigenvalue weighted by Gasteiger charge is 2.47. The molecule has 1 aliphatic heterocycles. The van der Waals surface area contributed by atoms with Crippen LogP contribution in [-0.2, 0) is 16.0 Å². The van der Waals surface area contributed by atoms with E-state index in [2.05, 4.69) is 5.10 Å². The Morgan fingerprint density at radius 1 is 0.972 bits per heavy atom. The third-order valence-electron chi connectivity index (χ3n) is 5.82. The second-order valence-corrected chi connectivity index (χ2v) is 8.63. The van der Waals surface area contributed by atoms with Gasteiger partial charge in [-0.3, -0.25) is 9.59 Å². The van der Waals surface area contributed by atoms with Crippen molar-refractivity contribution >= 4 is 40.4 Å². The van der Waals surface area contributed by atoms with Gasteiger partial charge in [0, 0.05) is 22.7 Å². The molecule has 3 heterocycles. The molecule has 0 saturated carbocycles. The summed E-state index contributed by atoms with van der Waals surface area (Å²) >= 11 is 6.14. The summed E-state index contributed by atoms with van der Waals surface area (Å²) in [6.45, 7) is 1.93. The number of halogens is 2. The molecule has 0 radical (unpaired) electrons. The molecular formula is C27H20ClFN4O3. The SMILES string of the molecule is CCCc1nn(-c2cccc(Cl)c2)c([O-])c1C1=C([n+]2ccccc2)C(=O)N(c2ccc(F)cc2)C1=O. The van der Waals surface area contributed by atoms with Crippen LogP contribution in [0.25, 0.3) is 17.0 Å². The zero-order chi connectivity index (χ0) is 25.4. The van der Waals surface area contributed by atoms with Crippen molar-refractivity contribution in [2.45, 2.75) is 19.8 Å². The minimum Gasteiger partial charge on any atom is -0.858 e. The van der Waals surface area contributed by atoms with E-state index in [0.717, 1.165) is 4.90 Å². The molecule has 2 amide bonds. The highest BCUT2D eigenvalue weighted by Crippen LogP contribution is 2.39. The van der Waals surface area contributed by atoms with Crippen LogP contribution in [0.15, 0.2) is 79.1 Å². The molecule has 0 spiro atoms. The Kier molecular flexibility index (Phi) is 6.12. The maximum atomic E-state index is 13.8. The van der Waals surface area contributed by atoms with Gasteiger partial charge in [-0.1, -0.05) is 37.1 Å². The van der Waals surface area contributed by atoms with Crippen LogP contribution in [0.2, 0.25) is 5.02 Å². The van der Waals surface area contributed by atoms with Gasteiger partial charge in [0.25, 0.3) is 11.6 Å². The Morgan fingerprint density at radius 2 is 1.69 bits per heavy atom. The zero-order valence-corrected chi connectivity index (χ0v) is 19.9. The van der Waals surface area contributed by atoms with Crippen molar-refractivity contribution in [1.82, 2.24) is 9.78 Å². The van der Waals surface area contributed by atoms with Crippen molar-refractivity contribution in [3.63, 3.8) is 0 Å². The molecule has 9 heteroatoms. The van der Waals surface area contributed by atoms with Crippen LogP contribution >= 0.6 is 11.6 Å². The summed E-state index contributed by atoms with van der Waals surface area (Å²) in [5.41, 5.74) is 1.06. The largest absolute Gasteiger partial charge is 0.858 e. The average Bonchev–Trinajstić information content (AvgIpc) is 3.32. The lowest BCUT2D eigenvalue weighted by Crippen LogP contribution is -2.39. The molecule has 0 aliphatic carbocycles. The Bertz CT molecular complexity index is 1510. The number of anilines is 1. The van der Waals surface area contributed by atoms with Crippen LogP contribution < -0.4 is 14.6 Å². The standard InChI is InChI=1S/C27H20ClFN4O3/c1-2-7-21-22(26(35)33(30-21)20-9-6-8-17(28)16-20)23-24(31-14-4-3-5-15-31)27(36)32(25(23)34)19-12-10-18(29)11-13-19/h3-6,8-16H,2,7H2,1H3. The average molecular weight is 503 g/mol. The number of aryl methyl sites for hydroxylation is 1. The number of imide groups is 1. The molecular weight excluding hydrogens is 483 g/mol. The Balaban J connectivity index is 1.76. The van der Waals surface area contributed by atoms with Gasteiger partial charge in [-0.05, 0) is 54.8 Å². The highest BCUT2D eigenvalue weighted by atomic mass is 35.5. The van der Waals surface area contributed by atoms with Gasteiger partial charge in [0.15, 0.2) is 12.4 Å². The van der Waals surface area contributed by atoms with Crippen LogP contribution in [0.4, 0.5) is 10.1 Å². The first-order valence-corrected chi connectivity index (χ1v) is 11.7. The summed E-state index contributed by atoms with van der Waals surface area (Å²) in [4.78, 5) is 28.5. The van der Waals surface area contributed by atoms with Crippen LogP contribution in [0, 0.1) is 5.82 Å². The van der Waals surface area contributed by atoms with Crippen molar-refractivity contribution in [3.05, 3.63) is 101 Å². The third kappa shape index (κ3) is 3.95. The van der Waals surface area contributed by atoms with Gasteiger partial charge in [-0.25, -0.2) is 14.0 Å². The van der Waals surface area contributed by atoms with Crippen molar-refractivity contribution in [3.8, 4) is 11.6 Å². The molecule has 0 bridgehead atoms. The molecule has 2 aromatic heterocycles. The molecule has 4 aromatic rings. The lowest BCUT2D eigenvalue weighted by Gasteiger charge is -2.15. The number of pyridine rings is 1. The Hall–Kier alpha value is -4.30. The Labute approximate surface area is 211 Å². The Morgan fingerprint density at radius 3 is 2.36 bits per heavy atom. The summed E-state index contributed by atoms with van der Waals surface area (Å²) in [6, 6.07) is 16.9. The van der Waals surface area contributed by atoms with Gasteiger partial charge in [-0.15, -0.1) is 0 Å². The number of hydrogen-bond donors (Lipinski definition) is 0. The van der Waals surface area contributed by atoms with Gasteiger partial charge in [0.05, 0.1) is 17.1 Å². The number of rotatable bonds is 6. The second kappa shape index (κ2) is 9.39. The minimum absolute atomic E-state index is 0.0185. The van der Waals surface area contributed by atoms with Crippen molar-refractivity contribution < 1.29 is 23.7 Å². The molecule has 36 heavy (non-hydrogen) atoms. The van der Waals surface area contributed by atoms with E-state index >= 15 is 0 Å². The maximum absolute atomic E-state index is 13.8. The van der Waals surface area contributed by atoms with Crippen molar-refractivity contribution in [1.29, 1.82) is 0 Å². The first-order valence-electron chi connectivity index (χ1n) is 11.3. The first kappa shape index (κ1) is 23.4. The van der Waals surface area contributed by atoms with Gasteiger partial charge < -0.3 is 5.11 Å². The second-order valence-electron chi connectivity index (χ2n) is 8.20. The zero-order valence-electron chi connectivity index (χ0n) is 19.2. The summed E-state index contributed by atoms with van der Waals surface area (Å²) < 4.78 is 16.3. The van der Waals surface area contributed by atoms with Gasteiger partial charge in [-0.2, -0.15) is 9.67 Å². The highest BCUT2D eigenvalue weighted by molar-refractivity contribution is 6.53. The summed E-state index contributed by atoms with van der Waals surface area (Å²) in [5.74, 6) is -2.35. The molecule has 0 N–H and O–H groups in total. The van der Waals surface area contributed by atoms with Crippen LogP contribution in [-0.4, -0.2) is 21.6 Å². The number of amides is 2. The van der Waals surface area contributed by atoms with Crippen molar-refractivity contribution in [2.24, 2.45) is 0 Å². The third-order valence-corrected chi connectivity index (χ3v) is 6.06. The van der Waals surface area contributed by atoms with Gasteiger partial charge in [0.1, 0.15) is 11.4 Å². The molecule has 0 fully saturated rings. The number of carbonyl (C=O) groups excluding carboxylic acids is 2. The van der Waals surface area contributed by atoms with E-state index in [1.54, 1.807) is 54.9 Å². The fourth-order valence-corrected chi connectivity index (χ4v) is 4.43. The van der Waals surface area contributed by atoms with Crippen molar-refractivity contribution in [2.75, 3.05) is 4.90 Å². The van der Waals surface area contributed by atoms with Crippen LogP contribution in [0.5, 0.6) is 5.88 Å². The van der Waals surface area contributed by atoms with E-state index in [1.165, 1.54) is 33.5 Å². The molecule has 0 unspecified atom stereocenters. The summed E-state index contributed by atoms with van der Waals surface area (Å²) in [5, 5.41) is 18.7. The molecule has 180 valence electrons. The lowest BCUT2D eigenvalue weighted by atomic mass is 10.0. The maximum Gasteiger partial charge on any atom is 0.331 e. The predicted octanol–water partition coefficient (Wildman–Crippen LogP) is 3.92. The predicted molar refractivity (Wildman–Crippen MR) is 131 cm³/mol. The van der Waals surface area contributed by atoms with Gasteiger partial charge >= 0.3 is 5.91 Å². The fraction of sp³-hybridized carbons (Fsp3) is 0.111. The minimum atomic E-state index is -0.682.